The molecule has 0 radical (unpaired) electrons. The van der Waals surface area contributed by atoms with Crippen molar-refractivity contribution in [3.63, 3.8) is 0 Å². The minimum absolute atomic E-state index is 0.567. The van der Waals surface area contributed by atoms with Gasteiger partial charge in [0.15, 0.2) is 0 Å². The van der Waals surface area contributed by atoms with Crippen LogP contribution in [0, 0.1) is 0 Å². The van der Waals surface area contributed by atoms with Gasteiger partial charge in [0.25, 0.3) is 5.52 Å². The third-order valence-corrected chi connectivity index (χ3v) is 2.39. The molecular formula is C11H12Cl2NO+. The Morgan fingerprint density at radius 2 is 1.80 bits per heavy atom. The predicted molar refractivity (Wildman–Crippen MR) is 62.7 cm³/mol. The summed E-state index contributed by atoms with van der Waals surface area (Å²) >= 11 is 11.7. The molecule has 0 atom stereocenters. The smallest absolute Gasteiger partial charge is 0.267 e. The van der Waals surface area contributed by atoms with Crippen molar-refractivity contribution in [1.29, 1.82) is 0 Å². The fourth-order valence-corrected chi connectivity index (χ4v) is 1.58. The number of aromatic nitrogens is 1. The standard InChI is InChI=1S/C9H6Cl2NO.C2H6/c10-6-1-2-7-8(11)3-4-12(13)9(7)5-6;1-2/h1-5,13H;1-2H3/q+1;. The number of fused-ring (bicyclic) bond motifs is 1. The van der Waals surface area contributed by atoms with Gasteiger partial charge >= 0.3 is 0 Å². The van der Waals surface area contributed by atoms with Crippen LogP contribution >= 0.6 is 23.2 Å². The number of pyridine rings is 1. The molecule has 0 saturated carbocycles. The van der Waals surface area contributed by atoms with Crippen LogP contribution in [0.3, 0.4) is 0 Å². The van der Waals surface area contributed by atoms with Crippen molar-refractivity contribution in [2.75, 3.05) is 0 Å². The lowest BCUT2D eigenvalue weighted by molar-refractivity contribution is -0.884. The average Bonchev–Trinajstić information content (AvgIpc) is 2.27. The molecule has 0 aliphatic heterocycles. The van der Waals surface area contributed by atoms with Crippen molar-refractivity contribution in [2.24, 2.45) is 0 Å². The van der Waals surface area contributed by atoms with Crippen LogP contribution in [0.1, 0.15) is 13.8 Å². The quantitative estimate of drug-likeness (QED) is 0.555. The molecule has 0 spiro atoms. The van der Waals surface area contributed by atoms with E-state index in [1.165, 1.54) is 6.20 Å². The number of nitrogens with zero attached hydrogens (tertiary/aromatic N) is 1. The van der Waals surface area contributed by atoms with E-state index in [1.54, 1.807) is 24.3 Å². The first-order chi connectivity index (χ1) is 7.18. The molecule has 2 nitrogen and oxygen atoms in total. The first-order valence-electron chi connectivity index (χ1n) is 4.67. The Kier molecular flexibility index (Phi) is 4.18. The monoisotopic (exact) mass is 244 g/mol. The maximum atomic E-state index is 9.42. The predicted octanol–water partition coefficient (Wildman–Crippen LogP) is 3.70. The molecule has 0 unspecified atom stereocenters. The van der Waals surface area contributed by atoms with E-state index in [-0.39, 0.29) is 0 Å². The molecule has 0 fully saturated rings. The van der Waals surface area contributed by atoms with E-state index in [0.717, 1.165) is 10.1 Å². The van der Waals surface area contributed by atoms with Gasteiger partial charge in [-0.1, -0.05) is 37.0 Å². The highest BCUT2D eigenvalue weighted by molar-refractivity contribution is 6.35. The first-order valence-corrected chi connectivity index (χ1v) is 5.43. The maximum absolute atomic E-state index is 9.42. The molecule has 0 amide bonds. The van der Waals surface area contributed by atoms with E-state index in [2.05, 4.69) is 0 Å². The van der Waals surface area contributed by atoms with Crippen LogP contribution < -0.4 is 4.73 Å². The van der Waals surface area contributed by atoms with Gasteiger partial charge in [-0.25, -0.2) is 0 Å². The first kappa shape index (κ1) is 12.1. The van der Waals surface area contributed by atoms with Gasteiger partial charge < -0.3 is 0 Å². The molecule has 1 aromatic heterocycles. The Hall–Kier alpha value is -0.990. The summed E-state index contributed by atoms with van der Waals surface area (Å²) < 4.78 is 0.993. The normalized spacial score (nSPS) is 9.60. The van der Waals surface area contributed by atoms with E-state index in [4.69, 9.17) is 23.2 Å². The average molecular weight is 245 g/mol. The summed E-state index contributed by atoms with van der Waals surface area (Å²) in [4.78, 5) is 0. The molecule has 1 heterocycles. The minimum Gasteiger partial charge on any atom is -0.285 e. The fourth-order valence-electron chi connectivity index (χ4n) is 1.20. The van der Waals surface area contributed by atoms with Crippen molar-refractivity contribution >= 4 is 34.1 Å². The summed E-state index contributed by atoms with van der Waals surface area (Å²) in [6.07, 6.45) is 1.47. The molecular weight excluding hydrogens is 233 g/mol. The highest BCUT2D eigenvalue weighted by atomic mass is 35.5. The van der Waals surface area contributed by atoms with Crippen LogP contribution in [-0.4, -0.2) is 5.21 Å². The molecule has 1 aromatic carbocycles. The molecule has 80 valence electrons. The third-order valence-electron chi connectivity index (χ3n) is 1.83. The number of rotatable bonds is 0. The minimum atomic E-state index is 0.567. The summed E-state index contributed by atoms with van der Waals surface area (Å²) in [6, 6.07) is 6.78. The van der Waals surface area contributed by atoms with Gasteiger partial charge in [-0.3, -0.25) is 5.21 Å². The van der Waals surface area contributed by atoms with Gasteiger partial charge in [0, 0.05) is 21.9 Å². The second-order valence-electron chi connectivity index (χ2n) is 2.67. The Morgan fingerprint density at radius 3 is 2.47 bits per heavy atom. The van der Waals surface area contributed by atoms with E-state index in [9.17, 15) is 5.21 Å². The number of halogens is 2. The van der Waals surface area contributed by atoms with Gasteiger partial charge in [0.1, 0.15) is 0 Å². The van der Waals surface area contributed by atoms with E-state index in [1.807, 2.05) is 13.8 Å². The second kappa shape index (κ2) is 5.19. The van der Waals surface area contributed by atoms with Crippen molar-refractivity contribution in [3.05, 3.63) is 40.5 Å². The van der Waals surface area contributed by atoms with Crippen molar-refractivity contribution in [1.82, 2.24) is 0 Å². The molecule has 2 rings (SSSR count). The molecule has 4 heteroatoms. The van der Waals surface area contributed by atoms with Crippen LogP contribution in [-0.2, 0) is 0 Å². The van der Waals surface area contributed by atoms with E-state index in [0.29, 0.717) is 15.6 Å². The molecule has 0 bridgehead atoms. The van der Waals surface area contributed by atoms with Crippen LogP contribution in [0.2, 0.25) is 10.0 Å². The Labute approximate surface area is 98.6 Å². The second-order valence-corrected chi connectivity index (χ2v) is 3.51. The van der Waals surface area contributed by atoms with Crippen LogP contribution in [0.4, 0.5) is 0 Å². The topological polar surface area (TPSA) is 24.1 Å². The van der Waals surface area contributed by atoms with E-state index < -0.39 is 0 Å². The number of hydrogen-bond donors (Lipinski definition) is 1. The summed E-state index contributed by atoms with van der Waals surface area (Å²) in [5.74, 6) is 0. The van der Waals surface area contributed by atoms with Crippen molar-refractivity contribution in [3.8, 4) is 0 Å². The summed E-state index contributed by atoms with van der Waals surface area (Å²) in [7, 11) is 0. The fraction of sp³-hybridized carbons (Fsp3) is 0.182. The van der Waals surface area contributed by atoms with Crippen LogP contribution in [0.25, 0.3) is 10.9 Å². The van der Waals surface area contributed by atoms with Gasteiger partial charge in [-0.15, -0.1) is 0 Å². The van der Waals surface area contributed by atoms with E-state index >= 15 is 0 Å². The number of hydrogen-bond acceptors (Lipinski definition) is 1. The zero-order chi connectivity index (χ0) is 11.4. The zero-order valence-electron chi connectivity index (χ0n) is 8.54. The Bertz CT molecular complexity index is 471. The highest BCUT2D eigenvalue weighted by Crippen LogP contribution is 2.22. The maximum Gasteiger partial charge on any atom is 0.267 e. The lowest BCUT2D eigenvalue weighted by atomic mass is 10.2. The SMILES string of the molecule is CC.O[n+]1ccc(Cl)c2ccc(Cl)cc21. The summed E-state index contributed by atoms with van der Waals surface area (Å²) in [5.41, 5.74) is 0.597. The van der Waals surface area contributed by atoms with Crippen LogP contribution in [0.15, 0.2) is 30.5 Å². The summed E-state index contributed by atoms with van der Waals surface area (Å²) in [6.45, 7) is 4.00. The summed E-state index contributed by atoms with van der Waals surface area (Å²) in [5, 5.41) is 11.4. The molecule has 1 N–H and O–H groups in total. The van der Waals surface area contributed by atoms with Crippen molar-refractivity contribution in [2.45, 2.75) is 13.8 Å². The third kappa shape index (κ3) is 2.52. The molecule has 0 saturated heterocycles. The largest absolute Gasteiger partial charge is 0.285 e. The van der Waals surface area contributed by atoms with Gasteiger partial charge in [0.05, 0.1) is 10.4 Å². The lowest BCUT2D eigenvalue weighted by Gasteiger charge is -1.96. The highest BCUT2D eigenvalue weighted by Gasteiger charge is 2.10. The molecule has 15 heavy (non-hydrogen) atoms. The van der Waals surface area contributed by atoms with Crippen LogP contribution in [0.5, 0.6) is 0 Å². The molecule has 2 aromatic rings. The van der Waals surface area contributed by atoms with Gasteiger partial charge in [-0.2, -0.15) is 0 Å². The Morgan fingerprint density at radius 1 is 1.13 bits per heavy atom. The number of benzene rings is 1. The molecule has 0 aliphatic rings. The molecule has 0 aliphatic carbocycles. The van der Waals surface area contributed by atoms with Gasteiger partial charge in [-0.05, 0) is 12.1 Å². The Balaban J connectivity index is 0.000000531. The van der Waals surface area contributed by atoms with Crippen molar-refractivity contribution < 1.29 is 9.94 Å². The lowest BCUT2D eigenvalue weighted by Crippen LogP contribution is -2.29. The zero-order valence-corrected chi connectivity index (χ0v) is 10.0. The van der Waals surface area contributed by atoms with Gasteiger partial charge in [0.2, 0.25) is 6.20 Å².